The maximum atomic E-state index is 12.3. The van der Waals surface area contributed by atoms with Gasteiger partial charge >= 0.3 is 0 Å². The van der Waals surface area contributed by atoms with Gasteiger partial charge in [0.25, 0.3) is 5.91 Å². The maximum absolute atomic E-state index is 12.3. The van der Waals surface area contributed by atoms with E-state index in [0.29, 0.717) is 28.7 Å². The molecular weight excluding hydrogens is 376 g/mol. The van der Waals surface area contributed by atoms with E-state index in [2.05, 4.69) is 17.2 Å². The Hall–Kier alpha value is -3.06. The number of thiophene rings is 1. The molecular formula is C21H22N2O4S. The van der Waals surface area contributed by atoms with E-state index in [9.17, 15) is 9.59 Å². The van der Waals surface area contributed by atoms with Crippen molar-refractivity contribution in [3.8, 4) is 11.5 Å². The van der Waals surface area contributed by atoms with E-state index in [-0.39, 0.29) is 17.9 Å². The van der Waals surface area contributed by atoms with Crippen molar-refractivity contribution in [3.05, 3.63) is 59.5 Å². The second-order valence-electron chi connectivity index (χ2n) is 6.24. The smallest absolute Gasteiger partial charge is 0.254 e. The predicted molar refractivity (Wildman–Crippen MR) is 111 cm³/mol. The number of methoxy groups -OCH3 is 1. The minimum absolute atomic E-state index is 0.150. The molecule has 1 fully saturated rings. The average Bonchev–Trinajstić information content (AvgIpc) is 3.39. The molecule has 0 unspecified atom stereocenters. The van der Waals surface area contributed by atoms with Gasteiger partial charge in [0, 0.05) is 12.1 Å². The standard InChI is InChI=1S/C21H22N2O4S/c1-3-11-27-17-8-4-14(13-18(17)26-2)5-9-19(24)23-21-16(10-12-28-21)20(25)22-15-6-7-15/h3-5,8-10,12-13,15H,1,6-7,11H2,2H3,(H,22,25)(H,23,24). The first-order valence-electron chi connectivity index (χ1n) is 8.90. The summed E-state index contributed by atoms with van der Waals surface area (Å²) in [6.07, 6.45) is 6.78. The number of anilines is 1. The van der Waals surface area contributed by atoms with Gasteiger partial charge in [-0.15, -0.1) is 11.3 Å². The SMILES string of the molecule is C=CCOc1ccc(C=CC(=O)Nc2sccc2C(=O)NC2CC2)cc1OC. The first-order chi connectivity index (χ1) is 13.6. The quantitative estimate of drug-likeness (QED) is 0.497. The number of nitrogens with one attached hydrogen (secondary N) is 2. The Morgan fingerprint density at radius 2 is 2.11 bits per heavy atom. The minimum atomic E-state index is -0.311. The van der Waals surface area contributed by atoms with Crippen molar-refractivity contribution < 1.29 is 19.1 Å². The lowest BCUT2D eigenvalue weighted by Crippen LogP contribution is -2.26. The van der Waals surface area contributed by atoms with E-state index in [1.807, 2.05) is 6.07 Å². The normalized spacial score (nSPS) is 13.2. The number of hydrogen-bond donors (Lipinski definition) is 2. The van der Waals surface area contributed by atoms with Gasteiger partial charge in [-0.25, -0.2) is 0 Å². The fourth-order valence-electron chi connectivity index (χ4n) is 2.46. The summed E-state index contributed by atoms with van der Waals surface area (Å²) < 4.78 is 10.8. The molecule has 7 heteroatoms. The third-order valence-corrected chi connectivity index (χ3v) is 4.86. The van der Waals surface area contributed by atoms with Crippen molar-refractivity contribution in [1.29, 1.82) is 0 Å². The van der Waals surface area contributed by atoms with Crippen LogP contribution in [0.5, 0.6) is 11.5 Å². The highest BCUT2D eigenvalue weighted by atomic mass is 32.1. The summed E-state index contributed by atoms with van der Waals surface area (Å²) in [4.78, 5) is 24.5. The molecule has 0 atom stereocenters. The molecule has 146 valence electrons. The first kappa shape index (κ1) is 19.7. The van der Waals surface area contributed by atoms with Crippen LogP contribution in [-0.4, -0.2) is 31.6 Å². The number of rotatable bonds is 9. The summed E-state index contributed by atoms with van der Waals surface area (Å²) in [5.41, 5.74) is 1.28. The van der Waals surface area contributed by atoms with Crippen molar-refractivity contribution in [1.82, 2.24) is 5.32 Å². The zero-order valence-electron chi connectivity index (χ0n) is 15.6. The number of carbonyl (C=O) groups excluding carboxylic acids is 2. The molecule has 2 aromatic rings. The van der Waals surface area contributed by atoms with Crippen LogP contribution in [0.3, 0.4) is 0 Å². The summed E-state index contributed by atoms with van der Waals surface area (Å²) in [7, 11) is 1.56. The summed E-state index contributed by atoms with van der Waals surface area (Å²) in [6.45, 7) is 4.00. The summed E-state index contributed by atoms with van der Waals surface area (Å²) in [5.74, 6) is 0.715. The van der Waals surface area contributed by atoms with Crippen LogP contribution in [0.15, 0.2) is 48.4 Å². The summed E-state index contributed by atoms with van der Waals surface area (Å²) in [6, 6.07) is 7.37. The Kier molecular flexibility index (Phi) is 6.49. The van der Waals surface area contributed by atoms with E-state index < -0.39 is 0 Å². The zero-order chi connectivity index (χ0) is 19.9. The van der Waals surface area contributed by atoms with Gasteiger partial charge in [0.1, 0.15) is 11.6 Å². The Morgan fingerprint density at radius 1 is 1.29 bits per heavy atom. The molecule has 1 saturated carbocycles. The van der Waals surface area contributed by atoms with Gasteiger partial charge in [-0.3, -0.25) is 9.59 Å². The highest BCUT2D eigenvalue weighted by molar-refractivity contribution is 7.14. The molecule has 6 nitrogen and oxygen atoms in total. The highest BCUT2D eigenvalue weighted by Crippen LogP contribution is 2.29. The van der Waals surface area contributed by atoms with Crippen molar-refractivity contribution in [2.24, 2.45) is 0 Å². The Morgan fingerprint density at radius 3 is 2.82 bits per heavy atom. The fourth-order valence-corrected chi connectivity index (χ4v) is 3.24. The molecule has 1 heterocycles. The van der Waals surface area contributed by atoms with Gasteiger partial charge in [0.2, 0.25) is 5.91 Å². The van der Waals surface area contributed by atoms with Gasteiger partial charge in [-0.05, 0) is 48.1 Å². The van der Waals surface area contributed by atoms with Crippen LogP contribution in [0, 0.1) is 0 Å². The lowest BCUT2D eigenvalue weighted by atomic mass is 10.2. The molecule has 0 spiro atoms. The van der Waals surface area contributed by atoms with Crippen LogP contribution in [0.25, 0.3) is 6.08 Å². The van der Waals surface area contributed by atoms with Crippen molar-refractivity contribution in [3.63, 3.8) is 0 Å². The maximum Gasteiger partial charge on any atom is 0.254 e. The molecule has 1 aliphatic carbocycles. The van der Waals surface area contributed by atoms with Crippen molar-refractivity contribution >= 4 is 34.2 Å². The zero-order valence-corrected chi connectivity index (χ0v) is 16.4. The van der Waals surface area contributed by atoms with E-state index >= 15 is 0 Å². The van der Waals surface area contributed by atoms with Gasteiger partial charge in [0.05, 0.1) is 12.7 Å². The Balaban J connectivity index is 1.63. The molecule has 3 rings (SSSR count). The van der Waals surface area contributed by atoms with E-state index in [1.165, 1.54) is 17.4 Å². The van der Waals surface area contributed by atoms with E-state index in [1.54, 1.807) is 42.8 Å². The van der Waals surface area contributed by atoms with Crippen molar-refractivity contribution in [2.45, 2.75) is 18.9 Å². The van der Waals surface area contributed by atoms with Crippen LogP contribution in [-0.2, 0) is 4.79 Å². The second-order valence-corrected chi connectivity index (χ2v) is 7.16. The largest absolute Gasteiger partial charge is 0.493 e. The summed E-state index contributed by atoms with van der Waals surface area (Å²) in [5, 5.41) is 8.02. The molecule has 0 saturated heterocycles. The second kappa shape index (κ2) is 9.23. The predicted octanol–water partition coefficient (Wildman–Crippen LogP) is 3.87. The topological polar surface area (TPSA) is 76.7 Å². The van der Waals surface area contributed by atoms with E-state index in [0.717, 1.165) is 18.4 Å². The minimum Gasteiger partial charge on any atom is -0.493 e. The third kappa shape index (κ3) is 5.23. The van der Waals surface area contributed by atoms with E-state index in [4.69, 9.17) is 9.47 Å². The molecule has 0 aliphatic heterocycles. The molecule has 1 aromatic heterocycles. The lowest BCUT2D eigenvalue weighted by Gasteiger charge is -2.09. The van der Waals surface area contributed by atoms with Crippen LogP contribution >= 0.6 is 11.3 Å². The average molecular weight is 398 g/mol. The Labute approximate surface area is 167 Å². The third-order valence-electron chi connectivity index (χ3n) is 4.03. The first-order valence-corrected chi connectivity index (χ1v) is 9.78. The molecule has 1 aliphatic rings. The molecule has 28 heavy (non-hydrogen) atoms. The van der Waals surface area contributed by atoms with Gasteiger partial charge in [0.15, 0.2) is 11.5 Å². The van der Waals surface area contributed by atoms with Crippen LogP contribution in [0.1, 0.15) is 28.8 Å². The lowest BCUT2D eigenvalue weighted by molar-refractivity contribution is -0.111. The summed E-state index contributed by atoms with van der Waals surface area (Å²) >= 11 is 1.32. The van der Waals surface area contributed by atoms with Gasteiger partial charge < -0.3 is 20.1 Å². The molecule has 2 N–H and O–H groups in total. The molecule has 1 aromatic carbocycles. The number of ether oxygens (including phenoxy) is 2. The van der Waals surface area contributed by atoms with Gasteiger partial charge in [-0.2, -0.15) is 0 Å². The number of benzene rings is 1. The molecule has 0 bridgehead atoms. The highest BCUT2D eigenvalue weighted by Gasteiger charge is 2.25. The number of amides is 2. The fraction of sp³-hybridized carbons (Fsp3) is 0.238. The molecule has 2 amide bonds. The van der Waals surface area contributed by atoms with Crippen molar-refractivity contribution in [2.75, 3.05) is 19.0 Å². The van der Waals surface area contributed by atoms with Crippen LogP contribution in [0.4, 0.5) is 5.00 Å². The number of hydrogen-bond acceptors (Lipinski definition) is 5. The monoisotopic (exact) mass is 398 g/mol. The number of carbonyl (C=O) groups is 2. The van der Waals surface area contributed by atoms with Gasteiger partial charge in [-0.1, -0.05) is 18.7 Å². The Bertz CT molecular complexity index is 900. The van der Waals surface area contributed by atoms with Crippen LogP contribution in [0.2, 0.25) is 0 Å². The van der Waals surface area contributed by atoms with Crippen LogP contribution < -0.4 is 20.1 Å². The molecule has 0 radical (unpaired) electrons.